The van der Waals surface area contributed by atoms with Gasteiger partial charge in [0, 0.05) is 12.6 Å². The predicted molar refractivity (Wildman–Crippen MR) is 60.5 cm³/mol. The molecule has 1 fully saturated rings. The van der Waals surface area contributed by atoms with Crippen molar-refractivity contribution in [3.8, 4) is 0 Å². The van der Waals surface area contributed by atoms with Crippen LogP contribution in [0.5, 0.6) is 0 Å². The Morgan fingerprint density at radius 2 is 2.21 bits per heavy atom. The summed E-state index contributed by atoms with van der Waals surface area (Å²) in [5, 5.41) is 3.55. The number of hydrogen-bond donors (Lipinski definition) is 1. The standard InChI is InChI=1S/C12H25NO/c1-4-7-13-11(3)10(2)9-12-6-5-8-14-12/h10-13H,4-9H2,1-3H3. The van der Waals surface area contributed by atoms with Gasteiger partial charge in [-0.05, 0) is 45.1 Å². The molecule has 0 aliphatic carbocycles. The van der Waals surface area contributed by atoms with Crippen LogP contribution in [0.4, 0.5) is 0 Å². The van der Waals surface area contributed by atoms with Gasteiger partial charge in [-0.25, -0.2) is 0 Å². The van der Waals surface area contributed by atoms with Gasteiger partial charge < -0.3 is 10.1 Å². The van der Waals surface area contributed by atoms with Gasteiger partial charge in [-0.1, -0.05) is 13.8 Å². The molecule has 84 valence electrons. The normalized spacial score (nSPS) is 26.4. The highest BCUT2D eigenvalue weighted by molar-refractivity contribution is 4.74. The molecular formula is C12H25NO. The fourth-order valence-corrected chi connectivity index (χ4v) is 2.02. The van der Waals surface area contributed by atoms with Gasteiger partial charge in [0.05, 0.1) is 6.10 Å². The summed E-state index contributed by atoms with van der Waals surface area (Å²) in [5.74, 6) is 0.727. The van der Waals surface area contributed by atoms with Gasteiger partial charge in [0.2, 0.25) is 0 Å². The Balaban J connectivity index is 2.15. The van der Waals surface area contributed by atoms with Crippen molar-refractivity contribution in [3.63, 3.8) is 0 Å². The summed E-state index contributed by atoms with van der Waals surface area (Å²) in [6.45, 7) is 8.94. The van der Waals surface area contributed by atoms with E-state index in [2.05, 4.69) is 26.1 Å². The zero-order valence-corrected chi connectivity index (χ0v) is 9.88. The molecule has 1 N–H and O–H groups in total. The first-order valence-electron chi connectivity index (χ1n) is 6.09. The molecule has 0 spiro atoms. The van der Waals surface area contributed by atoms with E-state index in [4.69, 9.17) is 4.74 Å². The fourth-order valence-electron chi connectivity index (χ4n) is 2.02. The first-order chi connectivity index (χ1) is 6.74. The monoisotopic (exact) mass is 199 g/mol. The van der Waals surface area contributed by atoms with Crippen molar-refractivity contribution >= 4 is 0 Å². The first kappa shape index (κ1) is 12.0. The minimum atomic E-state index is 0.538. The molecule has 0 aromatic heterocycles. The Labute approximate surface area is 88.4 Å². The maximum Gasteiger partial charge on any atom is 0.0579 e. The van der Waals surface area contributed by atoms with Gasteiger partial charge in [-0.2, -0.15) is 0 Å². The maximum absolute atomic E-state index is 5.65. The number of nitrogens with one attached hydrogen (secondary N) is 1. The minimum absolute atomic E-state index is 0.538. The van der Waals surface area contributed by atoms with E-state index in [-0.39, 0.29) is 0 Å². The van der Waals surface area contributed by atoms with Crippen molar-refractivity contribution in [1.82, 2.24) is 5.32 Å². The smallest absolute Gasteiger partial charge is 0.0579 e. The molecule has 2 heteroatoms. The van der Waals surface area contributed by atoms with Crippen molar-refractivity contribution in [2.45, 2.75) is 58.6 Å². The molecule has 2 nitrogen and oxygen atoms in total. The third kappa shape index (κ3) is 3.97. The third-order valence-electron chi connectivity index (χ3n) is 3.23. The van der Waals surface area contributed by atoms with Crippen LogP contribution in [0.3, 0.4) is 0 Å². The van der Waals surface area contributed by atoms with Crippen molar-refractivity contribution in [2.75, 3.05) is 13.2 Å². The highest BCUT2D eigenvalue weighted by Gasteiger charge is 2.21. The molecule has 1 rings (SSSR count). The molecule has 0 amide bonds. The Morgan fingerprint density at radius 3 is 2.79 bits per heavy atom. The van der Waals surface area contributed by atoms with Gasteiger partial charge in [-0.15, -0.1) is 0 Å². The number of rotatable bonds is 6. The van der Waals surface area contributed by atoms with Crippen molar-refractivity contribution in [1.29, 1.82) is 0 Å². The zero-order chi connectivity index (χ0) is 10.4. The second kappa shape index (κ2) is 6.41. The van der Waals surface area contributed by atoms with Crippen LogP contribution in [-0.2, 0) is 4.74 Å². The summed E-state index contributed by atoms with van der Waals surface area (Å²) in [5.41, 5.74) is 0. The van der Waals surface area contributed by atoms with Gasteiger partial charge >= 0.3 is 0 Å². The van der Waals surface area contributed by atoms with Crippen LogP contribution in [0.1, 0.15) is 46.5 Å². The van der Waals surface area contributed by atoms with Crippen LogP contribution in [-0.4, -0.2) is 25.3 Å². The topological polar surface area (TPSA) is 21.3 Å². The Hall–Kier alpha value is -0.0800. The Kier molecular flexibility index (Phi) is 5.49. The SMILES string of the molecule is CCCNC(C)C(C)CC1CCCO1. The summed E-state index contributed by atoms with van der Waals surface area (Å²) >= 11 is 0. The second-order valence-corrected chi connectivity index (χ2v) is 4.59. The van der Waals surface area contributed by atoms with E-state index >= 15 is 0 Å². The molecule has 1 saturated heterocycles. The summed E-state index contributed by atoms with van der Waals surface area (Å²) in [6, 6.07) is 0.624. The van der Waals surface area contributed by atoms with E-state index in [1.807, 2.05) is 0 Å². The van der Waals surface area contributed by atoms with Crippen LogP contribution >= 0.6 is 0 Å². The Bertz CT molecular complexity index is 143. The molecular weight excluding hydrogens is 174 g/mol. The summed E-state index contributed by atoms with van der Waals surface area (Å²) in [6.07, 6.45) is 5.50. The first-order valence-corrected chi connectivity index (χ1v) is 6.09. The molecule has 0 saturated carbocycles. The highest BCUT2D eigenvalue weighted by atomic mass is 16.5. The second-order valence-electron chi connectivity index (χ2n) is 4.59. The van der Waals surface area contributed by atoms with Crippen molar-refractivity contribution in [2.24, 2.45) is 5.92 Å². The summed E-state index contributed by atoms with van der Waals surface area (Å²) in [7, 11) is 0. The van der Waals surface area contributed by atoms with E-state index in [0.29, 0.717) is 12.1 Å². The van der Waals surface area contributed by atoms with E-state index in [1.165, 1.54) is 25.7 Å². The van der Waals surface area contributed by atoms with Crippen LogP contribution in [0, 0.1) is 5.92 Å². The lowest BCUT2D eigenvalue weighted by Gasteiger charge is -2.23. The van der Waals surface area contributed by atoms with E-state index in [9.17, 15) is 0 Å². The average Bonchev–Trinajstić information content (AvgIpc) is 2.66. The summed E-state index contributed by atoms with van der Waals surface area (Å²) < 4.78 is 5.65. The molecule has 3 unspecified atom stereocenters. The lowest BCUT2D eigenvalue weighted by atomic mass is 9.95. The molecule has 3 atom stereocenters. The van der Waals surface area contributed by atoms with Gasteiger partial charge in [-0.3, -0.25) is 0 Å². The molecule has 14 heavy (non-hydrogen) atoms. The largest absolute Gasteiger partial charge is 0.378 e. The fraction of sp³-hybridized carbons (Fsp3) is 1.00. The number of ether oxygens (including phenoxy) is 1. The van der Waals surface area contributed by atoms with Crippen molar-refractivity contribution < 1.29 is 4.74 Å². The predicted octanol–water partition coefficient (Wildman–Crippen LogP) is 2.58. The van der Waals surface area contributed by atoms with E-state index < -0.39 is 0 Å². The molecule has 0 aromatic carbocycles. The van der Waals surface area contributed by atoms with Gasteiger partial charge in [0.25, 0.3) is 0 Å². The van der Waals surface area contributed by atoms with Gasteiger partial charge in [0.1, 0.15) is 0 Å². The molecule has 0 aromatic rings. The average molecular weight is 199 g/mol. The third-order valence-corrected chi connectivity index (χ3v) is 3.23. The van der Waals surface area contributed by atoms with Crippen LogP contribution < -0.4 is 5.32 Å². The molecule has 0 bridgehead atoms. The molecule has 1 aliphatic heterocycles. The Morgan fingerprint density at radius 1 is 1.43 bits per heavy atom. The maximum atomic E-state index is 5.65. The molecule has 1 aliphatic rings. The van der Waals surface area contributed by atoms with Crippen molar-refractivity contribution in [3.05, 3.63) is 0 Å². The quantitative estimate of drug-likeness (QED) is 0.710. The zero-order valence-electron chi connectivity index (χ0n) is 9.88. The molecule has 1 heterocycles. The lowest BCUT2D eigenvalue weighted by molar-refractivity contribution is 0.0869. The number of hydrogen-bond acceptors (Lipinski definition) is 2. The summed E-state index contributed by atoms with van der Waals surface area (Å²) in [4.78, 5) is 0. The van der Waals surface area contributed by atoms with E-state index in [0.717, 1.165) is 19.1 Å². The minimum Gasteiger partial charge on any atom is -0.378 e. The lowest BCUT2D eigenvalue weighted by Crippen LogP contribution is -2.34. The molecule has 0 radical (unpaired) electrons. The highest BCUT2D eigenvalue weighted by Crippen LogP contribution is 2.21. The van der Waals surface area contributed by atoms with Crippen LogP contribution in [0.2, 0.25) is 0 Å². The van der Waals surface area contributed by atoms with Crippen LogP contribution in [0.25, 0.3) is 0 Å². The van der Waals surface area contributed by atoms with Crippen LogP contribution in [0.15, 0.2) is 0 Å². The van der Waals surface area contributed by atoms with Gasteiger partial charge in [0.15, 0.2) is 0 Å². The van der Waals surface area contributed by atoms with E-state index in [1.54, 1.807) is 0 Å².